The molecule has 0 fully saturated rings. The topological polar surface area (TPSA) is 54.9 Å². The smallest absolute Gasteiger partial charge is 0.260 e. The summed E-state index contributed by atoms with van der Waals surface area (Å²) in [5, 5.41) is 0.709. The van der Waals surface area contributed by atoms with Crippen molar-refractivity contribution in [3.63, 3.8) is 0 Å². The van der Waals surface area contributed by atoms with Gasteiger partial charge in [-0.15, -0.1) is 12.4 Å². The van der Waals surface area contributed by atoms with E-state index in [1.165, 1.54) is 11.1 Å². The van der Waals surface area contributed by atoms with Crippen LogP contribution in [0.15, 0.2) is 30.3 Å². The number of aryl methyl sites for hydroxylation is 2. The van der Waals surface area contributed by atoms with Gasteiger partial charge in [0.25, 0.3) is 5.91 Å². The molecule has 1 heterocycles. The van der Waals surface area contributed by atoms with Gasteiger partial charge in [-0.2, -0.15) is 0 Å². The Balaban J connectivity index is 0.00000341. The van der Waals surface area contributed by atoms with Crippen molar-refractivity contribution < 1.29 is 14.3 Å². The Bertz CT molecular complexity index is 991. The van der Waals surface area contributed by atoms with Gasteiger partial charge in [0.05, 0.1) is 24.4 Å². The molecule has 0 N–H and O–H groups in total. The summed E-state index contributed by atoms with van der Waals surface area (Å²) >= 11 is 1.55. The number of anilines is 1. The molecule has 0 atom stereocenters. The van der Waals surface area contributed by atoms with E-state index in [2.05, 4.69) is 30.9 Å². The Morgan fingerprint density at radius 3 is 2.16 bits per heavy atom. The minimum absolute atomic E-state index is 0. The molecule has 1 amide bonds. The molecule has 3 rings (SSSR count). The fourth-order valence-electron chi connectivity index (χ4n) is 3.20. The van der Waals surface area contributed by atoms with Gasteiger partial charge in [-0.25, -0.2) is 4.98 Å². The van der Waals surface area contributed by atoms with Crippen molar-refractivity contribution in [1.82, 2.24) is 9.88 Å². The van der Waals surface area contributed by atoms with E-state index in [1.54, 1.807) is 48.7 Å². The number of benzene rings is 2. The van der Waals surface area contributed by atoms with Gasteiger partial charge in [0.2, 0.25) is 0 Å². The monoisotopic (exact) mass is 463 g/mol. The first-order valence-corrected chi connectivity index (χ1v) is 10.7. The number of carbonyl (C=O) groups excluding carboxylic acids is 1. The number of hydrogen-bond acceptors (Lipinski definition) is 6. The first-order chi connectivity index (χ1) is 14.3. The molecule has 3 aromatic rings. The molecule has 0 saturated carbocycles. The molecule has 0 saturated heterocycles. The fourth-order valence-corrected chi connectivity index (χ4v) is 4.27. The van der Waals surface area contributed by atoms with E-state index in [0.717, 1.165) is 23.2 Å². The number of amides is 1. The standard InChI is InChI=1S/C23H29N3O3S.ClH/c1-15-10-20-21(11-16(15)2)30-23(24-20)26(9-7-8-25(3)4)22(27)17-12-18(28-5)14-19(13-17)29-6;/h10-14H,7-9H2,1-6H3;1H. The molecule has 6 nitrogen and oxygen atoms in total. The van der Waals surface area contributed by atoms with E-state index in [9.17, 15) is 4.79 Å². The Morgan fingerprint density at radius 2 is 1.58 bits per heavy atom. The van der Waals surface area contributed by atoms with Crippen molar-refractivity contribution in [2.45, 2.75) is 20.3 Å². The van der Waals surface area contributed by atoms with Crippen LogP contribution in [0.25, 0.3) is 10.2 Å². The quantitative estimate of drug-likeness (QED) is 0.473. The third-order valence-corrected chi connectivity index (χ3v) is 6.10. The van der Waals surface area contributed by atoms with Crippen molar-refractivity contribution in [2.75, 3.05) is 46.3 Å². The molecule has 0 radical (unpaired) electrons. The highest BCUT2D eigenvalue weighted by Gasteiger charge is 2.22. The summed E-state index contributed by atoms with van der Waals surface area (Å²) in [4.78, 5) is 22.2. The summed E-state index contributed by atoms with van der Waals surface area (Å²) in [5.41, 5.74) is 3.86. The minimum atomic E-state index is -0.113. The number of ether oxygens (including phenoxy) is 2. The van der Waals surface area contributed by atoms with Gasteiger partial charge in [0.1, 0.15) is 11.5 Å². The van der Waals surface area contributed by atoms with Crippen LogP contribution in [-0.2, 0) is 0 Å². The third kappa shape index (κ3) is 5.87. The second-order valence-electron chi connectivity index (χ2n) is 7.62. The summed E-state index contributed by atoms with van der Waals surface area (Å²) in [6, 6.07) is 9.47. The molecule has 0 spiro atoms. The zero-order valence-electron chi connectivity index (χ0n) is 18.9. The minimum Gasteiger partial charge on any atom is -0.497 e. The van der Waals surface area contributed by atoms with Crippen LogP contribution in [0.4, 0.5) is 5.13 Å². The van der Waals surface area contributed by atoms with Crippen molar-refractivity contribution in [3.05, 3.63) is 47.0 Å². The van der Waals surface area contributed by atoms with Crippen LogP contribution in [0.5, 0.6) is 11.5 Å². The van der Waals surface area contributed by atoms with Crippen LogP contribution in [0.3, 0.4) is 0 Å². The number of fused-ring (bicyclic) bond motifs is 1. The Hall–Kier alpha value is -2.35. The average Bonchev–Trinajstić information content (AvgIpc) is 3.12. The SMILES string of the molecule is COc1cc(OC)cc(C(=O)N(CCCN(C)C)c2nc3cc(C)c(C)cc3s2)c1.Cl. The van der Waals surface area contributed by atoms with Crippen LogP contribution in [0, 0.1) is 13.8 Å². The Labute approximate surface area is 194 Å². The van der Waals surface area contributed by atoms with Crippen LogP contribution in [0.1, 0.15) is 27.9 Å². The van der Waals surface area contributed by atoms with Crippen molar-refractivity contribution in [1.29, 1.82) is 0 Å². The maximum absolute atomic E-state index is 13.5. The fraction of sp³-hybridized carbons (Fsp3) is 0.391. The molecule has 1 aromatic heterocycles. The highest BCUT2D eigenvalue weighted by Crippen LogP contribution is 2.32. The van der Waals surface area contributed by atoms with Crippen molar-refractivity contribution in [2.24, 2.45) is 0 Å². The number of halogens is 1. The first kappa shape index (κ1) is 24.9. The average molecular weight is 464 g/mol. The maximum Gasteiger partial charge on any atom is 0.260 e. The molecule has 8 heteroatoms. The Kier molecular flexibility index (Phi) is 8.68. The van der Waals surface area contributed by atoms with Gasteiger partial charge >= 0.3 is 0 Å². The van der Waals surface area contributed by atoms with Crippen LogP contribution in [-0.4, -0.2) is 57.2 Å². The van der Waals surface area contributed by atoms with E-state index in [1.807, 2.05) is 14.1 Å². The normalized spacial score (nSPS) is 10.8. The number of methoxy groups -OCH3 is 2. The van der Waals surface area contributed by atoms with Crippen molar-refractivity contribution in [3.8, 4) is 11.5 Å². The zero-order chi connectivity index (χ0) is 21.8. The molecule has 0 aliphatic heterocycles. The number of aromatic nitrogens is 1. The summed E-state index contributed by atoms with van der Waals surface area (Å²) < 4.78 is 11.8. The molecule has 31 heavy (non-hydrogen) atoms. The third-order valence-electron chi connectivity index (χ3n) is 5.05. The molecule has 0 unspecified atom stereocenters. The summed E-state index contributed by atoms with van der Waals surface area (Å²) in [5.74, 6) is 1.06. The van der Waals surface area contributed by atoms with E-state index in [4.69, 9.17) is 14.5 Å². The van der Waals surface area contributed by atoms with Gasteiger partial charge < -0.3 is 14.4 Å². The first-order valence-electron chi connectivity index (χ1n) is 9.90. The lowest BCUT2D eigenvalue weighted by molar-refractivity contribution is 0.0985. The largest absolute Gasteiger partial charge is 0.497 e. The zero-order valence-corrected chi connectivity index (χ0v) is 20.5. The molecule has 2 aromatic carbocycles. The molecule has 0 bridgehead atoms. The van der Waals surface area contributed by atoms with E-state index >= 15 is 0 Å². The van der Waals surface area contributed by atoms with Gasteiger partial charge in [-0.1, -0.05) is 11.3 Å². The second kappa shape index (κ2) is 10.8. The maximum atomic E-state index is 13.5. The second-order valence-corrected chi connectivity index (χ2v) is 8.62. The summed E-state index contributed by atoms with van der Waals surface area (Å²) in [7, 11) is 7.22. The van der Waals surface area contributed by atoms with Gasteiger partial charge in [-0.05, 0) is 76.3 Å². The predicted molar refractivity (Wildman–Crippen MR) is 131 cm³/mol. The number of rotatable bonds is 8. The summed E-state index contributed by atoms with van der Waals surface area (Å²) in [6.45, 7) is 5.63. The lowest BCUT2D eigenvalue weighted by atomic mass is 10.1. The highest BCUT2D eigenvalue weighted by molar-refractivity contribution is 7.22. The lowest BCUT2D eigenvalue weighted by Gasteiger charge is -2.21. The van der Waals surface area contributed by atoms with Gasteiger partial charge in [0.15, 0.2) is 5.13 Å². The van der Waals surface area contributed by atoms with E-state index in [-0.39, 0.29) is 18.3 Å². The Morgan fingerprint density at radius 1 is 0.968 bits per heavy atom. The van der Waals surface area contributed by atoms with Crippen molar-refractivity contribution >= 4 is 45.0 Å². The van der Waals surface area contributed by atoms with Gasteiger partial charge in [-0.3, -0.25) is 9.69 Å². The van der Waals surface area contributed by atoms with Crippen LogP contribution in [0.2, 0.25) is 0 Å². The molecule has 168 valence electrons. The van der Waals surface area contributed by atoms with E-state index < -0.39 is 0 Å². The number of nitrogens with zero attached hydrogens (tertiary/aromatic N) is 3. The van der Waals surface area contributed by atoms with Gasteiger partial charge in [0, 0.05) is 18.2 Å². The molecule has 0 aliphatic carbocycles. The van der Waals surface area contributed by atoms with Crippen LogP contribution >= 0.6 is 23.7 Å². The highest BCUT2D eigenvalue weighted by atomic mass is 35.5. The molecular formula is C23H30ClN3O3S. The number of carbonyl (C=O) groups is 1. The lowest BCUT2D eigenvalue weighted by Crippen LogP contribution is -2.33. The van der Waals surface area contributed by atoms with E-state index in [0.29, 0.717) is 28.7 Å². The molecular weight excluding hydrogens is 434 g/mol. The number of thiazole rings is 1. The molecule has 0 aliphatic rings. The predicted octanol–water partition coefficient (Wildman–Crippen LogP) is 4.95. The number of hydrogen-bond donors (Lipinski definition) is 0. The summed E-state index contributed by atoms with van der Waals surface area (Å²) in [6.07, 6.45) is 0.841. The van der Waals surface area contributed by atoms with Crippen LogP contribution < -0.4 is 14.4 Å².